The van der Waals surface area contributed by atoms with Crippen LogP contribution in [0.3, 0.4) is 0 Å². The van der Waals surface area contributed by atoms with Crippen LogP contribution in [0.15, 0.2) is 10.3 Å². The zero-order chi connectivity index (χ0) is 5.70. The minimum atomic E-state index is 0.0345. The molecule has 4 heteroatoms. The van der Waals surface area contributed by atoms with E-state index in [1.807, 2.05) is 6.92 Å². The van der Waals surface area contributed by atoms with Crippen LogP contribution in [0.5, 0.6) is 0 Å². The molecule has 1 atom stereocenters. The van der Waals surface area contributed by atoms with Crippen molar-refractivity contribution in [3.63, 3.8) is 0 Å². The van der Waals surface area contributed by atoms with Crippen molar-refractivity contribution in [2.75, 3.05) is 6.54 Å². The van der Waals surface area contributed by atoms with Crippen molar-refractivity contribution >= 4 is 11.6 Å². The smallest absolute Gasteiger partial charge is 0.0781 e. The minimum Gasteiger partial charge on any atom is -0.305 e. The van der Waals surface area contributed by atoms with Crippen LogP contribution in [0, 0.1) is 0 Å². The van der Waals surface area contributed by atoms with E-state index in [4.69, 9.17) is 11.6 Å². The molecule has 0 saturated heterocycles. The zero-order valence-corrected chi connectivity index (χ0v) is 4.89. The van der Waals surface area contributed by atoms with Crippen LogP contribution < -0.4 is 5.84 Å². The normalized spacial score (nSPS) is 15.1. The first-order valence-electron chi connectivity index (χ1n) is 1.98. The Bertz CT molecular complexity index is 61.2. The summed E-state index contributed by atoms with van der Waals surface area (Å²) in [5, 5.41) is 6.49. The van der Waals surface area contributed by atoms with Crippen LogP contribution in [-0.4, -0.2) is 11.9 Å². The summed E-state index contributed by atoms with van der Waals surface area (Å²) in [5.74, 6) is 4.68. The zero-order valence-electron chi connectivity index (χ0n) is 4.13. The molecule has 0 aliphatic heterocycles. The molecule has 0 aliphatic carbocycles. The van der Waals surface area contributed by atoms with Crippen molar-refractivity contribution in [2.24, 2.45) is 16.2 Å². The van der Waals surface area contributed by atoms with Gasteiger partial charge in [-0.15, -0.1) is 11.6 Å². The van der Waals surface area contributed by atoms with Crippen LogP contribution >= 0.6 is 11.6 Å². The van der Waals surface area contributed by atoms with E-state index in [-0.39, 0.29) is 5.38 Å². The summed E-state index contributed by atoms with van der Waals surface area (Å²) < 4.78 is 0. The molecule has 0 heterocycles. The van der Waals surface area contributed by atoms with Gasteiger partial charge >= 0.3 is 0 Å². The molecule has 0 radical (unpaired) electrons. The van der Waals surface area contributed by atoms with Gasteiger partial charge in [-0.2, -0.15) is 5.11 Å². The van der Waals surface area contributed by atoms with E-state index in [9.17, 15) is 0 Å². The maximum atomic E-state index is 5.45. The molecule has 3 nitrogen and oxygen atoms in total. The van der Waals surface area contributed by atoms with E-state index in [1.165, 1.54) is 0 Å². The summed E-state index contributed by atoms with van der Waals surface area (Å²) in [5.41, 5.74) is 0. The number of rotatable bonds is 2. The maximum absolute atomic E-state index is 5.45. The van der Waals surface area contributed by atoms with E-state index in [0.29, 0.717) is 6.54 Å². The largest absolute Gasteiger partial charge is 0.305 e. The molecule has 1 unspecified atom stereocenters. The van der Waals surface area contributed by atoms with Gasteiger partial charge in [0.05, 0.1) is 11.9 Å². The summed E-state index contributed by atoms with van der Waals surface area (Å²) in [6.45, 7) is 2.33. The molecule has 0 fully saturated rings. The topological polar surface area (TPSA) is 50.7 Å². The van der Waals surface area contributed by atoms with Crippen molar-refractivity contribution in [2.45, 2.75) is 12.3 Å². The van der Waals surface area contributed by atoms with Gasteiger partial charge in [0.25, 0.3) is 0 Å². The lowest BCUT2D eigenvalue weighted by Gasteiger charge is -1.89. The molecule has 0 bridgehead atoms. The molecule has 0 saturated carbocycles. The van der Waals surface area contributed by atoms with Crippen molar-refractivity contribution in [3.05, 3.63) is 0 Å². The molecule has 0 amide bonds. The first-order chi connectivity index (χ1) is 3.27. The van der Waals surface area contributed by atoms with E-state index in [1.54, 1.807) is 0 Å². The van der Waals surface area contributed by atoms with Gasteiger partial charge in [-0.25, -0.2) is 0 Å². The molecule has 42 valence electrons. The second-order valence-electron chi connectivity index (χ2n) is 1.22. The first kappa shape index (κ1) is 6.69. The summed E-state index contributed by atoms with van der Waals surface area (Å²) in [4.78, 5) is 0. The molecule has 0 aliphatic rings. The van der Waals surface area contributed by atoms with Crippen LogP contribution in [0.1, 0.15) is 6.92 Å². The van der Waals surface area contributed by atoms with Crippen molar-refractivity contribution in [1.82, 2.24) is 0 Å². The second kappa shape index (κ2) is 3.87. The quantitative estimate of drug-likeness (QED) is 0.251. The molecule has 0 aromatic heterocycles. The van der Waals surface area contributed by atoms with Gasteiger partial charge in [-0.3, -0.25) is 0 Å². The van der Waals surface area contributed by atoms with Gasteiger partial charge in [0.15, 0.2) is 0 Å². The maximum Gasteiger partial charge on any atom is 0.0781 e. The predicted octanol–water partition coefficient (Wildman–Crippen LogP) is 0.940. The Morgan fingerprint density at radius 2 is 2.43 bits per heavy atom. The lowest BCUT2D eigenvalue weighted by molar-refractivity contribution is 0.845. The van der Waals surface area contributed by atoms with Gasteiger partial charge in [0, 0.05) is 0 Å². The van der Waals surface area contributed by atoms with Crippen molar-refractivity contribution in [1.29, 1.82) is 0 Å². The molecule has 0 rings (SSSR count). The van der Waals surface area contributed by atoms with Crippen molar-refractivity contribution in [3.8, 4) is 0 Å². The number of hydrogen-bond donors (Lipinski definition) is 1. The number of nitrogens with two attached hydrogens (primary N) is 1. The van der Waals surface area contributed by atoms with E-state index in [2.05, 4.69) is 16.2 Å². The van der Waals surface area contributed by atoms with Crippen molar-refractivity contribution < 1.29 is 0 Å². The minimum absolute atomic E-state index is 0.0345. The van der Waals surface area contributed by atoms with E-state index in [0.717, 1.165) is 0 Å². The van der Waals surface area contributed by atoms with Gasteiger partial charge in [0.2, 0.25) is 0 Å². The third kappa shape index (κ3) is 5.69. The van der Waals surface area contributed by atoms with Gasteiger partial charge in [0.1, 0.15) is 0 Å². The fraction of sp³-hybridized carbons (Fsp3) is 1.00. The summed E-state index contributed by atoms with van der Waals surface area (Å²) in [7, 11) is 0. The number of alkyl halides is 1. The summed E-state index contributed by atoms with van der Waals surface area (Å²) in [6.07, 6.45) is 0. The Labute approximate surface area is 47.5 Å². The Morgan fingerprint density at radius 3 is 2.57 bits per heavy atom. The average Bonchev–Trinajstić information content (AvgIpc) is 1.61. The van der Waals surface area contributed by atoms with Crippen LogP contribution in [-0.2, 0) is 0 Å². The Kier molecular flexibility index (Phi) is 3.69. The van der Waals surface area contributed by atoms with Gasteiger partial charge < -0.3 is 5.84 Å². The Hall–Kier alpha value is -0.310. The SMILES string of the molecule is CC(Cl)CN=NN. The van der Waals surface area contributed by atoms with Crippen LogP contribution in [0.4, 0.5) is 0 Å². The molecule has 0 aromatic rings. The highest BCUT2D eigenvalue weighted by Gasteiger charge is 1.89. The number of nitrogens with zero attached hydrogens (tertiary/aromatic N) is 2. The standard InChI is InChI=1S/C3H8ClN3/c1-3(4)2-6-7-5/h3H,2H2,1H3,(H2,5,6). The van der Waals surface area contributed by atoms with Gasteiger partial charge in [-0.1, -0.05) is 5.22 Å². The third-order valence-electron chi connectivity index (χ3n) is 0.415. The lowest BCUT2D eigenvalue weighted by atomic mass is 10.5. The fourth-order valence-corrected chi connectivity index (χ4v) is 0.221. The lowest BCUT2D eigenvalue weighted by Crippen LogP contribution is -1.94. The van der Waals surface area contributed by atoms with E-state index < -0.39 is 0 Å². The first-order valence-corrected chi connectivity index (χ1v) is 2.41. The highest BCUT2D eigenvalue weighted by atomic mass is 35.5. The fourth-order valence-electron chi connectivity index (χ4n) is 0.160. The van der Waals surface area contributed by atoms with E-state index >= 15 is 0 Å². The monoisotopic (exact) mass is 121 g/mol. The average molecular weight is 122 g/mol. The molecule has 0 aromatic carbocycles. The summed E-state index contributed by atoms with van der Waals surface area (Å²) >= 11 is 5.45. The second-order valence-corrected chi connectivity index (χ2v) is 1.97. The molecular formula is C3H8ClN3. The third-order valence-corrected chi connectivity index (χ3v) is 0.553. The highest BCUT2D eigenvalue weighted by molar-refractivity contribution is 6.20. The highest BCUT2D eigenvalue weighted by Crippen LogP contribution is 1.91. The van der Waals surface area contributed by atoms with Gasteiger partial charge in [-0.05, 0) is 6.92 Å². The summed E-state index contributed by atoms with van der Waals surface area (Å²) in [6, 6.07) is 0. The van der Waals surface area contributed by atoms with Crippen LogP contribution in [0.2, 0.25) is 0 Å². The molecule has 7 heavy (non-hydrogen) atoms. The predicted molar refractivity (Wildman–Crippen MR) is 29.2 cm³/mol. The molecular weight excluding hydrogens is 114 g/mol. The molecule has 0 spiro atoms. The van der Waals surface area contributed by atoms with Crippen LogP contribution in [0.25, 0.3) is 0 Å². The Morgan fingerprint density at radius 1 is 1.86 bits per heavy atom. The molecule has 2 N–H and O–H groups in total. The number of hydrogen-bond acceptors (Lipinski definition) is 2. The number of halogens is 1. The Balaban J connectivity index is 2.97.